The molecule has 1 N–H and O–H groups in total. The molecule has 7 nitrogen and oxygen atoms in total. The van der Waals surface area contributed by atoms with Crippen molar-refractivity contribution in [1.82, 2.24) is 9.80 Å². The number of anilines is 1. The number of thioether (sulfide) groups is 1. The van der Waals surface area contributed by atoms with Crippen LogP contribution in [0.4, 0.5) is 5.69 Å². The van der Waals surface area contributed by atoms with Crippen LogP contribution in [-0.4, -0.2) is 86.3 Å². The fourth-order valence-corrected chi connectivity index (χ4v) is 10.4. The molecular weight excluding hydrogens is 614 g/mol. The minimum Gasteiger partial charge on any atom is -0.396 e. The van der Waals surface area contributed by atoms with E-state index in [-0.39, 0.29) is 41.0 Å². The number of aliphatic hydroxyl groups excluding tert-OH is 1. The third-order valence-electron chi connectivity index (χ3n) is 8.24. The molecule has 6 atom stereocenters. The van der Waals surface area contributed by atoms with Gasteiger partial charge in [0.2, 0.25) is 11.8 Å². The number of halogens is 2. The van der Waals surface area contributed by atoms with Crippen LogP contribution in [0.15, 0.2) is 49.6 Å². The van der Waals surface area contributed by atoms with Crippen molar-refractivity contribution in [3.63, 3.8) is 0 Å². The molecule has 1 aromatic carbocycles. The number of carbonyl (C=O) groups excluding carboxylic acids is 3. The van der Waals surface area contributed by atoms with Gasteiger partial charge < -0.3 is 19.8 Å². The standard InChI is InChI=1S/C30H39BrClN3O4S/c1-4-14-33(15-5-2)27(37)23-24-28(38)35(17-8-7-9-18-36)26(30(24)19-22(31)25(23)40-30)29(39)34(16-6-3)21-12-10-20(32)11-13-21/h4,6,10-13,22-26,36H,1,3,5,7-9,14-19H2,2H3/t22?,23-,24+,25-,26?,30?/m1/s1. The number of fused-ring (bicyclic) bond motifs is 1. The molecule has 0 aromatic heterocycles. The zero-order valence-corrected chi connectivity index (χ0v) is 26.2. The maximum absolute atomic E-state index is 14.6. The van der Waals surface area contributed by atoms with E-state index in [0.717, 1.165) is 12.8 Å². The number of rotatable bonds is 14. The van der Waals surface area contributed by atoms with Crippen LogP contribution in [0.5, 0.6) is 0 Å². The van der Waals surface area contributed by atoms with Crippen molar-refractivity contribution in [1.29, 1.82) is 0 Å². The van der Waals surface area contributed by atoms with E-state index in [2.05, 4.69) is 29.1 Å². The van der Waals surface area contributed by atoms with Gasteiger partial charge >= 0.3 is 0 Å². The fraction of sp³-hybridized carbons (Fsp3) is 0.567. The molecule has 3 heterocycles. The largest absolute Gasteiger partial charge is 0.396 e. The number of carbonyl (C=O) groups is 3. The summed E-state index contributed by atoms with van der Waals surface area (Å²) in [5.74, 6) is -1.39. The number of aliphatic hydroxyl groups is 1. The van der Waals surface area contributed by atoms with Crippen LogP contribution in [0.2, 0.25) is 5.02 Å². The molecule has 218 valence electrons. The lowest BCUT2D eigenvalue weighted by molar-refractivity contribution is -0.143. The first-order valence-electron chi connectivity index (χ1n) is 14.1. The SMILES string of the molecule is C=CCN(CCC)C(=O)[C@H]1[C@@H]2SC3(CC2Br)C(C(=O)N(CC=C)c2ccc(Cl)cc2)N(CCCCCO)C(=O)[C@H]13. The molecule has 3 aliphatic heterocycles. The summed E-state index contributed by atoms with van der Waals surface area (Å²) in [5, 5.41) is 9.76. The van der Waals surface area contributed by atoms with Crippen molar-refractivity contribution >= 4 is 62.7 Å². The van der Waals surface area contributed by atoms with Gasteiger partial charge in [0.1, 0.15) is 6.04 Å². The van der Waals surface area contributed by atoms with E-state index in [1.165, 1.54) is 0 Å². The van der Waals surface area contributed by atoms with Crippen LogP contribution < -0.4 is 4.90 Å². The highest BCUT2D eigenvalue weighted by molar-refractivity contribution is 9.09. The molecule has 1 aromatic rings. The van der Waals surface area contributed by atoms with Crippen molar-refractivity contribution in [2.45, 2.75) is 59.9 Å². The van der Waals surface area contributed by atoms with E-state index >= 15 is 0 Å². The van der Waals surface area contributed by atoms with Gasteiger partial charge in [-0.3, -0.25) is 14.4 Å². The molecule has 0 aliphatic carbocycles. The third-order valence-corrected chi connectivity index (χ3v) is 11.7. The summed E-state index contributed by atoms with van der Waals surface area (Å²) in [6, 6.07) is 6.38. The summed E-state index contributed by atoms with van der Waals surface area (Å²) in [7, 11) is 0. The summed E-state index contributed by atoms with van der Waals surface area (Å²) in [5.41, 5.74) is 0.683. The zero-order chi connectivity index (χ0) is 29.0. The molecule has 3 fully saturated rings. The second kappa shape index (κ2) is 13.4. The Hall–Kier alpha value is -1.81. The number of unbranched alkanes of at least 4 members (excludes halogenated alkanes) is 2. The predicted molar refractivity (Wildman–Crippen MR) is 166 cm³/mol. The molecule has 2 bridgehead atoms. The van der Waals surface area contributed by atoms with Gasteiger partial charge in [-0.2, -0.15) is 0 Å². The first-order valence-corrected chi connectivity index (χ1v) is 16.2. The van der Waals surface area contributed by atoms with Crippen LogP contribution in [0.3, 0.4) is 0 Å². The number of alkyl halides is 1. The van der Waals surface area contributed by atoms with Gasteiger partial charge in [0, 0.05) is 53.6 Å². The Morgan fingerprint density at radius 1 is 1.18 bits per heavy atom. The van der Waals surface area contributed by atoms with E-state index in [1.54, 1.807) is 62.9 Å². The quantitative estimate of drug-likeness (QED) is 0.176. The Labute approximate surface area is 255 Å². The molecule has 1 spiro atoms. The number of amides is 3. The molecule has 10 heteroatoms. The average Bonchev–Trinajstić information content (AvgIpc) is 3.53. The van der Waals surface area contributed by atoms with E-state index in [4.69, 9.17) is 11.6 Å². The van der Waals surface area contributed by atoms with Gasteiger partial charge in [0.05, 0.1) is 16.6 Å². The lowest BCUT2D eigenvalue weighted by atomic mass is 9.70. The van der Waals surface area contributed by atoms with E-state index < -0.39 is 22.6 Å². The Morgan fingerprint density at radius 3 is 2.50 bits per heavy atom. The molecule has 3 amide bonds. The fourth-order valence-electron chi connectivity index (χ4n) is 6.65. The van der Waals surface area contributed by atoms with Gasteiger partial charge in [-0.1, -0.05) is 46.6 Å². The number of hydrogen-bond acceptors (Lipinski definition) is 5. The van der Waals surface area contributed by atoms with Crippen molar-refractivity contribution in [3.8, 4) is 0 Å². The lowest BCUT2D eigenvalue weighted by Gasteiger charge is -2.38. The highest BCUT2D eigenvalue weighted by Crippen LogP contribution is 2.68. The van der Waals surface area contributed by atoms with Gasteiger partial charge in [-0.05, 0) is 56.4 Å². The van der Waals surface area contributed by atoms with Crippen LogP contribution >= 0.6 is 39.3 Å². The van der Waals surface area contributed by atoms with E-state index in [0.29, 0.717) is 49.6 Å². The molecule has 0 radical (unpaired) electrons. The minimum absolute atomic E-state index is 0.00994. The Balaban J connectivity index is 1.76. The van der Waals surface area contributed by atoms with Crippen LogP contribution in [0.25, 0.3) is 0 Å². The van der Waals surface area contributed by atoms with Crippen LogP contribution in [-0.2, 0) is 14.4 Å². The number of hydrogen-bond donors (Lipinski definition) is 1. The summed E-state index contributed by atoms with van der Waals surface area (Å²) in [4.78, 5) is 48.2. The average molecular weight is 653 g/mol. The topological polar surface area (TPSA) is 81.2 Å². The number of nitrogens with zero attached hydrogens (tertiary/aromatic N) is 3. The van der Waals surface area contributed by atoms with Crippen molar-refractivity contribution in [2.75, 3.05) is 37.7 Å². The van der Waals surface area contributed by atoms with E-state index in [9.17, 15) is 19.5 Å². The molecular formula is C30H39BrClN3O4S. The monoisotopic (exact) mass is 651 g/mol. The first kappa shape index (κ1) is 31.1. The first-order chi connectivity index (χ1) is 19.2. The maximum atomic E-state index is 14.6. The molecule has 40 heavy (non-hydrogen) atoms. The molecule has 0 saturated carbocycles. The van der Waals surface area contributed by atoms with E-state index in [1.807, 2.05) is 6.92 Å². The predicted octanol–water partition coefficient (Wildman–Crippen LogP) is 4.91. The van der Waals surface area contributed by atoms with Crippen molar-refractivity contribution < 1.29 is 19.5 Å². The highest BCUT2D eigenvalue weighted by Gasteiger charge is 2.76. The third kappa shape index (κ3) is 5.63. The van der Waals surface area contributed by atoms with Gasteiger partial charge in [0.15, 0.2) is 0 Å². The summed E-state index contributed by atoms with van der Waals surface area (Å²) in [6.45, 7) is 11.5. The second-order valence-electron chi connectivity index (χ2n) is 10.8. The summed E-state index contributed by atoms with van der Waals surface area (Å²) in [6.07, 6.45) is 6.90. The summed E-state index contributed by atoms with van der Waals surface area (Å²) >= 11 is 11.6. The van der Waals surface area contributed by atoms with Crippen molar-refractivity contribution in [3.05, 3.63) is 54.6 Å². The van der Waals surface area contributed by atoms with Crippen LogP contribution in [0.1, 0.15) is 39.0 Å². The summed E-state index contributed by atoms with van der Waals surface area (Å²) < 4.78 is -0.720. The number of benzene rings is 1. The lowest BCUT2D eigenvalue weighted by Crippen LogP contribution is -2.56. The Morgan fingerprint density at radius 2 is 1.88 bits per heavy atom. The Kier molecular flexibility index (Phi) is 10.5. The smallest absolute Gasteiger partial charge is 0.251 e. The molecule has 4 rings (SSSR count). The normalized spacial score (nSPS) is 28.4. The van der Waals surface area contributed by atoms with Gasteiger partial charge in [0.25, 0.3) is 5.91 Å². The molecule has 3 unspecified atom stereocenters. The molecule has 3 aliphatic rings. The van der Waals surface area contributed by atoms with Crippen LogP contribution in [0, 0.1) is 11.8 Å². The second-order valence-corrected chi connectivity index (χ2v) is 13.9. The minimum atomic E-state index is -0.721. The molecule has 3 saturated heterocycles. The van der Waals surface area contributed by atoms with Crippen molar-refractivity contribution in [2.24, 2.45) is 11.8 Å². The van der Waals surface area contributed by atoms with Gasteiger partial charge in [-0.15, -0.1) is 24.9 Å². The number of likely N-dealkylation sites (tertiary alicyclic amines) is 1. The highest BCUT2D eigenvalue weighted by atomic mass is 79.9. The zero-order valence-electron chi connectivity index (χ0n) is 23.0. The maximum Gasteiger partial charge on any atom is 0.251 e. The van der Waals surface area contributed by atoms with Gasteiger partial charge in [-0.25, -0.2) is 0 Å². The Bertz CT molecular complexity index is 1120.